The van der Waals surface area contributed by atoms with E-state index in [2.05, 4.69) is 14.7 Å². The number of nitrogens with zero attached hydrogens (tertiary/aromatic N) is 1. The average molecular weight is 389 g/mol. The maximum Gasteiger partial charge on any atom is 0.573 e. The number of amides is 1. The fraction of sp³-hybridized carbons (Fsp3) is 0.143. The number of ether oxygens (including phenoxy) is 2. The van der Waals surface area contributed by atoms with Crippen LogP contribution in [0.25, 0.3) is 10.3 Å². The first-order valence-corrected chi connectivity index (χ1v) is 8.34. The van der Waals surface area contributed by atoms with E-state index in [0.717, 1.165) is 16.8 Å². The molecule has 1 amide bonds. The number of aryl methyl sites for hydroxylation is 1. The summed E-state index contributed by atoms with van der Waals surface area (Å²) < 4.78 is 45.9. The maximum absolute atomic E-state index is 12.4. The van der Waals surface area contributed by atoms with Crippen LogP contribution in [0.4, 0.5) is 18.0 Å². The van der Waals surface area contributed by atoms with Gasteiger partial charge in [-0.15, -0.1) is 24.5 Å². The van der Waals surface area contributed by atoms with E-state index < -0.39 is 12.5 Å². The van der Waals surface area contributed by atoms with Crippen LogP contribution < -0.4 is 15.2 Å². The zero-order valence-electron chi connectivity index (χ0n) is 12.5. The molecule has 0 bridgehead atoms. The molecule has 0 radical (unpaired) electrons. The number of H-pyrrole nitrogens is 1. The van der Waals surface area contributed by atoms with Gasteiger partial charge in [-0.05, 0) is 25.1 Å². The summed E-state index contributed by atoms with van der Waals surface area (Å²) in [6.45, 7) is 1.80. The predicted molar refractivity (Wildman–Crippen MR) is 86.2 cm³/mol. The quantitative estimate of drug-likeness (QED) is 0.688. The van der Waals surface area contributed by atoms with E-state index in [4.69, 9.17) is 10.5 Å². The third kappa shape index (κ3) is 4.17. The summed E-state index contributed by atoms with van der Waals surface area (Å²) in [5.74, 6) is -0.260. The Morgan fingerprint density at radius 3 is 2.84 bits per heavy atom. The Kier molecular flexibility index (Phi) is 4.52. The molecule has 0 atom stereocenters. The highest BCUT2D eigenvalue weighted by molar-refractivity contribution is 7.99. The third-order valence-corrected chi connectivity index (χ3v) is 4.80. The number of halogens is 3. The summed E-state index contributed by atoms with van der Waals surface area (Å²) in [5.41, 5.74) is 5.60. The van der Waals surface area contributed by atoms with Gasteiger partial charge in [-0.3, -0.25) is 0 Å². The number of fused-ring (bicyclic) bond motifs is 1. The SMILES string of the molecule is Cc1nc2c(Sc3cccc(OC(F)(F)F)c3)c(OC(N)=O)[nH]c2s1. The van der Waals surface area contributed by atoms with Gasteiger partial charge in [0.15, 0.2) is 0 Å². The molecule has 2 heterocycles. The van der Waals surface area contributed by atoms with Crippen LogP contribution in [-0.2, 0) is 0 Å². The van der Waals surface area contributed by atoms with Gasteiger partial charge in [0, 0.05) is 4.90 Å². The van der Waals surface area contributed by atoms with Crippen molar-refractivity contribution in [1.82, 2.24) is 9.97 Å². The van der Waals surface area contributed by atoms with Gasteiger partial charge >= 0.3 is 12.5 Å². The van der Waals surface area contributed by atoms with Crippen LogP contribution in [0.2, 0.25) is 0 Å². The van der Waals surface area contributed by atoms with Crippen LogP contribution in [0, 0.1) is 6.92 Å². The van der Waals surface area contributed by atoms with Crippen molar-refractivity contribution in [1.29, 1.82) is 0 Å². The van der Waals surface area contributed by atoms with Crippen molar-refractivity contribution in [3.8, 4) is 11.6 Å². The van der Waals surface area contributed by atoms with Crippen molar-refractivity contribution >= 4 is 39.5 Å². The van der Waals surface area contributed by atoms with Crippen molar-refractivity contribution in [2.45, 2.75) is 23.1 Å². The Morgan fingerprint density at radius 2 is 2.16 bits per heavy atom. The highest BCUT2D eigenvalue weighted by atomic mass is 32.2. The number of thiazole rings is 1. The molecule has 0 aliphatic carbocycles. The highest BCUT2D eigenvalue weighted by Crippen LogP contribution is 2.42. The number of nitrogens with one attached hydrogen (secondary N) is 1. The third-order valence-electron chi connectivity index (χ3n) is 2.84. The number of aromatic amines is 1. The van der Waals surface area contributed by atoms with Crippen molar-refractivity contribution in [3.63, 3.8) is 0 Å². The largest absolute Gasteiger partial charge is 0.573 e. The molecular weight excluding hydrogens is 379 g/mol. The second kappa shape index (κ2) is 6.48. The number of nitrogens with two attached hydrogens (primary N) is 1. The van der Waals surface area contributed by atoms with E-state index in [0.29, 0.717) is 20.1 Å². The predicted octanol–water partition coefficient (Wildman–Crippen LogP) is 4.44. The van der Waals surface area contributed by atoms with Gasteiger partial charge in [0.05, 0.1) is 5.01 Å². The van der Waals surface area contributed by atoms with E-state index >= 15 is 0 Å². The Labute approximate surface area is 147 Å². The van der Waals surface area contributed by atoms with Gasteiger partial charge in [-0.2, -0.15) is 0 Å². The molecule has 0 saturated heterocycles. The summed E-state index contributed by atoms with van der Waals surface area (Å²) in [6.07, 6.45) is -5.79. The van der Waals surface area contributed by atoms with Crippen LogP contribution in [0.1, 0.15) is 5.01 Å². The molecule has 3 rings (SSSR count). The fourth-order valence-corrected chi connectivity index (χ4v) is 3.93. The molecule has 0 saturated carbocycles. The number of benzene rings is 1. The van der Waals surface area contributed by atoms with Crippen molar-refractivity contribution in [3.05, 3.63) is 29.3 Å². The number of carbonyl (C=O) groups is 1. The molecule has 25 heavy (non-hydrogen) atoms. The zero-order valence-corrected chi connectivity index (χ0v) is 14.1. The molecule has 132 valence electrons. The summed E-state index contributed by atoms with van der Waals surface area (Å²) >= 11 is 2.43. The van der Waals surface area contributed by atoms with Crippen LogP contribution in [0.5, 0.6) is 11.6 Å². The molecule has 0 fully saturated rings. The van der Waals surface area contributed by atoms with Crippen molar-refractivity contribution in [2.75, 3.05) is 0 Å². The summed E-state index contributed by atoms with van der Waals surface area (Å²) in [7, 11) is 0. The number of rotatable bonds is 4. The Bertz CT molecular complexity index is 936. The lowest BCUT2D eigenvalue weighted by atomic mass is 10.3. The first-order chi connectivity index (χ1) is 11.7. The molecule has 1 aromatic carbocycles. The monoisotopic (exact) mass is 389 g/mol. The molecule has 2 aromatic heterocycles. The van der Waals surface area contributed by atoms with Crippen molar-refractivity contribution in [2.24, 2.45) is 5.73 Å². The maximum atomic E-state index is 12.4. The topological polar surface area (TPSA) is 90.2 Å². The number of carbonyl (C=O) groups excluding carboxylic acids is 1. The number of primary amides is 1. The van der Waals surface area contributed by atoms with E-state index in [-0.39, 0.29) is 11.6 Å². The van der Waals surface area contributed by atoms with E-state index in [1.54, 1.807) is 13.0 Å². The van der Waals surface area contributed by atoms with Gasteiger partial charge in [-0.25, -0.2) is 9.78 Å². The van der Waals surface area contributed by atoms with Gasteiger partial charge in [-0.1, -0.05) is 17.8 Å². The molecule has 0 spiro atoms. The van der Waals surface area contributed by atoms with Crippen LogP contribution in [0.3, 0.4) is 0 Å². The van der Waals surface area contributed by atoms with Crippen LogP contribution in [-0.4, -0.2) is 22.4 Å². The summed E-state index contributed by atoms with van der Waals surface area (Å²) in [6, 6.07) is 5.44. The van der Waals surface area contributed by atoms with Gasteiger partial charge in [0.2, 0.25) is 5.88 Å². The number of hydrogen-bond acceptors (Lipinski definition) is 6. The first kappa shape index (κ1) is 17.4. The zero-order chi connectivity index (χ0) is 18.2. The smallest absolute Gasteiger partial charge is 0.406 e. The lowest BCUT2D eigenvalue weighted by Crippen LogP contribution is -2.17. The standard InChI is InChI=1S/C14H10F3N3O3S2/c1-6-19-9-10(11(22-13(18)21)20-12(9)24-6)25-8-4-2-3-7(5-8)23-14(15,16)17/h2-5,20H,1H3,(H2,18,21). The second-order valence-corrected chi connectivity index (χ2v) is 7.03. The van der Waals surface area contributed by atoms with Gasteiger partial charge < -0.3 is 20.2 Å². The minimum Gasteiger partial charge on any atom is -0.406 e. The lowest BCUT2D eigenvalue weighted by Gasteiger charge is -2.10. The summed E-state index contributed by atoms with van der Waals surface area (Å²) in [5, 5.41) is 0.780. The van der Waals surface area contributed by atoms with Crippen molar-refractivity contribution < 1.29 is 27.4 Å². The van der Waals surface area contributed by atoms with E-state index in [1.807, 2.05) is 0 Å². The van der Waals surface area contributed by atoms with Gasteiger partial charge in [0.1, 0.15) is 21.0 Å². The minimum absolute atomic E-state index is 0.0911. The lowest BCUT2D eigenvalue weighted by molar-refractivity contribution is -0.274. The first-order valence-electron chi connectivity index (χ1n) is 6.71. The number of alkyl halides is 3. The van der Waals surface area contributed by atoms with Crippen LogP contribution >= 0.6 is 23.1 Å². The Balaban J connectivity index is 1.96. The normalized spacial score (nSPS) is 11.7. The van der Waals surface area contributed by atoms with E-state index in [9.17, 15) is 18.0 Å². The molecule has 6 nitrogen and oxygen atoms in total. The molecular formula is C14H10F3N3O3S2. The average Bonchev–Trinajstić information content (AvgIpc) is 2.95. The van der Waals surface area contributed by atoms with Gasteiger partial charge in [0.25, 0.3) is 0 Å². The van der Waals surface area contributed by atoms with E-state index in [1.165, 1.54) is 29.5 Å². The molecule has 0 aliphatic rings. The Hall–Kier alpha value is -2.40. The highest BCUT2D eigenvalue weighted by Gasteiger charge is 2.31. The molecule has 0 unspecified atom stereocenters. The number of hydrogen-bond donors (Lipinski definition) is 2. The fourth-order valence-electron chi connectivity index (χ4n) is 2.05. The summed E-state index contributed by atoms with van der Waals surface area (Å²) in [4.78, 5) is 19.9. The number of aromatic nitrogens is 2. The minimum atomic E-state index is -4.78. The molecule has 11 heteroatoms. The second-order valence-electron chi connectivity index (χ2n) is 4.74. The van der Waals surface area contributed by atoms with Crippen LogP contribution in [0.15, 0.2) is 34.1 Å². The molecule has 3 N–H and O–H groups in total. The Morgan fingerprint density at radius 1 is 1.40 bits per heavy atom. The molecule has 0 aliphatic heterocycles. The molecule has 3 aromatic rings.